The summed E-state index contributed by atoms with van der Waals surface area (Å²) in [6, 6.07) is 4.29. The first-order valence-electron chi connectivity index (χ1n) is 6.35. The predicted octanol–water partition coefficient (Wildman–Crippen LogP) is 3.62. The van der Waals surface area contributed by atoms with Gasteiger partial charge in [0.1, 0.15) is 16.6 Å². The smallest absolute Gasteiger partial charge is 0.285 e. The van der Waals surface area contributed by atoms with Gasteiger partial charge in [0.25, 0.3) is 11.6 Å². The molecule has 2 aromatic rings. The summed E-state index contributed by atoms with van der Waals surface area (Å²) in [4.78, 5) is 22.9. The van der Waals surface area contributed by atoms with Crippen molar-refractivity contribution in [2.24, 2.45) is 0 Å². The van der Waals surface area contributed by atoms with Gasteiger partial charge in [-0.1, -0.05) is 6.92 Å². The van der Waals surface area contributed by atoms with Crippen molar-refractivity contribution in [3.05, 3.63) is 56.0 Å². The molecule has 0 spiro atoms. The quantitative estimate of drug-likeness (QED) is 0.681. The first-order chi connectivity index (χ1) is 10.9. The van der Waals surface area contributed by atoms with Crippen LogP contribution in [0, 0.1) is 33.1 Å². The van der Waals surface area contributed by atoms with Gasteiger partial charge < -0.3 is 5.32 Å². The van der Waals surface area contributed by atoms with Gasteiger partial charge in [-0.25, -0.2) is 8.78 Å². The number of hydrogen-bond acceptors (Lipinski definition) is 5. The molecule has 2 rings (SSSR count). The summed E-state index contributed by atoms with van der Waals surface area (Å²) in [7, 11) is 0. The van der Waals surface area contributed by atoms with Crippen LogP contribution in [0.1, 0.15) is 27.7 Å². The number of anilines is 1. The van der Waals surface area contributed by atoms with Crippen LogP contribution in [0.3, 0.4) is 0 Å². The maximum atomic E-state index is 13.3. The van der Waals surface area contributed by atoms with Crippen molar-refractivity contribution in [1.82, 2.24) is 0 Å². The standard InChI is InChI=1S/C14H9F2N3O3S/c1-2-8-3-7(6-17)14(23-8)18-13(20)9-4-10(15)11(16)5-12(9)19(21)22/h3-5H,2H2,1H3,(H,18,20). The van der Waals surface area contributed by atoms with Crippen molar-refractivity contribution in [2.45, 2.75) is 13.3 Å². The fourth-order valence-electron chi connectivity index (χ4n) is 1.83. The summed E-state index contributed by atoms with van der Waals surface area (Å²) in [6.45, 7) is 1.86. The average Bonchev–Trinajstić information content (AvgIpc) is 2.91. The zero-order valence-corrected chi connectivity index (χ0v) is 12.5. The van der Waals surface area contributed by atoms with E-state index < -0.39 is 33.7 Å². The van der Waals surface area contributed by atoms with Crippen molar-refractivity contribution in [3.63, 3.8) is 0 Å². The summed E-state index contributed by atoms with van der Waals surface area (Å²) in [5.41, 5.74) is -1.28. The Morgan fingerprint density at radius 1 is 1.39 bits per heavy atom. The molecule has 0 radical (unpaired) electrons. The fourth-order valence-corrected chi connectivity index (χ4v) is 2.77. The van der Waals surface area contributed by atoms with E-state index in [1.165, 1.54) is 0 Å². The molecule has 1 aromatic carbocycles. The van der Waals surface area contributed by atoms with E-state index in [-0.39, 0.29) is 10.6 Å². The topological polar surface area (TPSA) is 96.0 Å². The van der Waals surface area contributed by atoms with Crippen molar-refractivity contribution in [2.75, 3.05) is 5.32 Å². The number of nitriles is 1. The summed E-state index contributed by atoms with van der Waals surface area (Å²) in [5, 5.41) is 22.5. The highest BCUT2D eigenvalue weighted by Crippen LogP contribution is 2.30. The summed E-state index contributed by atoms with van der Waals surface area (Å²) in [6.07, 6.45) is 0.639. The molecular formula is C14H9F2N3O3S. The summed E-state index contributed by atoms with van der Waals surface area (Å²) >= 11 is 1.14. The molecule has 0 fully saturated rings. The lowest BCUT2D eigenvalue weighted by atomic mass is 10.1. The number of hydrogen-bond donors (Lipinski definition) is 1. The van der Waals surface area contributed by atoms with E-state index >= 15 is 0 Å². The number of amides is 1. The number of benzene rings is 1. The Labute approximate surface area is 133 Å². The van der Waals surface area contributed by atoms with E-state index in [0.717, 1.165) is 16.2 Å². The van der Waals surface area contributed by atoms with Gasteiger partial charge in [0, 0.05) is 4.88 Å². The molecule has 0 aliphatic heterocycles. The van der Waals surface area contributed by atoms with Crippen molar-refractivity contribution in [3.8, 4) is 6.07 Å². The Bertz CT molecular complexity index is 843. The van der Waals surface area contributed by atoms with Crippen molar-refractivity contribution >= 4 is 27.9 Å². The second kappa shape index (κ2) is 6.50. The van der Waals surface area contributed by atoms with Crippen LogP contribution in [0.2, 0.25) is 0 Å². The number of nitrogens with zero attached hydrogens (tertiary/aromatic N) is 2. The van der Waals surface area contributed by atoms with Crippen molar-refractivity contribution in [1.29, 1.82) is 5.26 Å². The Hall–Kier alpha value is -2.86. The number of aryl methyl sites for hydroxylation is 1. The third-order valence-electron chi connectivity index (χ3n) is 2.96. The monoisotopic (exact) mass is 337 g/mol. The second-order valence-electron chi connectivity index (χ2n) is 4.42. The lowest BCUT2D eigenvalue weighted by molar-refractivity contribution is -0.385. The fraction of sp³-hybridized carbons (Fsp3) is 0.143. The number of nitro groups is 1. The van der Waals surface area contributed by atoms with Gasteiger partial charge in [-0.3, -0.25) is 14.9 Å². The Kier molecular flexibility index (Phi) is 4.66. The highest BCUT2D eigenvalue weighted by atomic mass is 32.1. The van der Waals surface area contributed by atoms with E-state index in [1.807, 2.05) is 13.0 Å². The lowest BCUT2D eigenvalue weighted by Gasteiger charge is -2.05. The van der Waals surface area contributed by atoms with E-state index in [1.54, 1.807) is 6.07 Å². The molecule has 118 valence electrons. The number of thiophene rings is 1. The number of carbonyl (C=O) groups is 1. The van der Waals surface area contributed by atoms with Gasteiger partial charge in [-0.05, 0) is 18.6 Å². The van der Waals surface area contributed by atoms with Crippen LogP contribution in [0.15, 0.2) is 18.2 Å². The maximum absolute atomic E-state index is 13.3. The lowest BCUT2D eigenvalue weighted by Crippen LogP contribution is -2.14. The zero-order valence-electron chi connectivity index (χ0n) is 11.7. The molecule has 0 aliphatic carbocycles. The van der Waals surface area contributed by atoms with Crippen LogP contribution < -0.4 is 5.32 Å². The van der Waals surface area contributed by atoms with Gasteiger partial charge in [0.15, 0.2) is 11.6 Å². The van der Waals surface area contributed by atoms with Crippen LogP contribution in [0.25, 0.3) is 0 Å². The van der Waals surface area contributed by atoms with E-state index in [0.29, 0.717) is 18.6 Å². The Balaban J connectivity index is 2.42. The van der Waals surface area contributed by atoms with Crippen LogP contribution in [0.5, 0.6) is 0 Å². The second-order valence-corrected chi connectivity index (χ2v) is 5.55. The van der Waals surface area contributed by atoms with Gasteiger partial charge in [0.2, 0.25) is 0 Å². The normalized spacial score (nSPS) is 10.2. The largest absolute Gasteiger partial charge is 0.312 e. The number of nitrogens with one attached hydrogen (secondary N) is 1. The summed E-state index contributed by atoms with van der Waals surface area (Å²) < 4.78 is 26.4. The third-order valence-corrected chi connectivity index (χ3v) is 4.15. The highest BCUT2D eigenvalue weighted by Gasteiger charge is 2.25. The van der Waals surface area contributed by atoms with E-state index in [4.69, 9.17) is 5.26 Å². The average molecular weight is 337 g/mol. The van der Waals surface area contributed by atoms with E-state index in [2.05, 4.69) is 5.32 Å². The van der Waals surface area contributed by atoms with Crippen LogP contribution in [-0.2, 0) is 6.42 Å². The molecule has 0 unspecified atom stereocenters. The van der Waals surface area contributed by atoms with E-state index in [9.17, 15) is 23.7 Å². The number of carbonyl (C=O) groups excluding carboxylic acids is 1. The highest BCUT2D eigenvalue weighted by molar-refractivity contribution is 7.16. The molecule has 6 nitrogen and oxygen atoms in total. The minimum absolute atomic E-state index is 0.199. The molecule has 0 saturated heterocycles. The Morgan fingerprint density at radius 3 is 2.61 bits per heavy atom. The Morgan fingerprint density at radius 2 is 2.04 bits per heavy atom. The van der Waals surface area contributed by atoms with Crippen LogP contribution in [0.4, 0.5) is 19.5 Å². The molecular weight excluding hydrogens is 328 g/mol. The first-order valence-corrected chi connectivity index (χ1v) is 7.16. The molecule has 1 amide bonds. The van der Waals surface area contributed by atoms with Gasteiger partial charge >= 0.3 is 0 Å². The number of halogens is 2. The van der Waals surface area contributed by atoms with Gasteiger partial charge in [-0.15, -0.1) is 11.3 Å². The number of nitro benzene ring substituents is 1. The maximum Gasteiger partial charge on any atom is 0.285 e. The van der Waals surface area contributed by atoms with Gasteiger partial charge in [0.05, 0.1) is 16.6 Å². The molecule has 0 saturated carbocycles. The van der Waals surface area contributed by atoms with Crippen LogP contribution in [-0.4, -0.2) is 10.8 Å². The molecule has 1 N–H and O–H groups in total. The molecule has 9 heteroatoms. The molecule has 0 bridgehead atoms. The minimum Gasteiger partial charge on any atom is -0.312 e. The van der Waals surface area contributed by atoms with Crippen LogP contribution >= 0.6 is 11.3 Å². The van der Waals surface area contributed by atoms with Gasteiger partial charge in [-0.2, -0.15) is 5.26 Å². The third kappa shape index (κ3) is 3.32. The molecule has 1 heterocycles. The minimum atomic E-state index is -1.42. The zero-order chi connectivity index (χ0) is 17.1. The number of rotatable bonds is 4. The van der Waals surface area contributed by atoms with Crippen molar-refractivity contribution < 1.29 is 18.5 Å². The predicted molar refractivity (Wildman–Crippen MR) is 79.4 cm³/mol. The molecule has 1 aromatic heterocycles. The molecule has 0 atom stereocenters. The SMILES string of the molecule is CCc1cc(C#N)c(NC(=O)c2cc(F)c(F)cc2[N+](=O)[O-])s1. The first kappa shape index (κ1) is 16.5. The summed E-state index contributed by atoms with van der Waals surface area (Å²) in [5.74, 6) is -3.78. The molecule has 23 heavy (non-hydrogen) atoms. The molecule has 0 aliphatic rings.